The number of halogens is 2. The molecule has 0 saturated carbocycles. The van der Waals surface area contributed by atoms with E-state index >= 15 is 0 Å². The number of rotatable bonds is 4. The summed E-state index contributed by atoms with van der Waals surface area (Å²) in [4.78, 5) is 24.5. The van der Waals surface area contributed by atoms with Crippen molar-refractivity contribution in [2.75, 3.05) is 18.5 Å². The molecule has 6 nitrogen and oxygen atoms in total. The molecule has 1 amide bonds. The number of benzene rings is 2. The first-order valence-electron chi connectivity index (χ1n) is 7.80. The lowest BCUT2D eigenvalue weighted by Gasteiger charge is -2.19. The summed E-state index contributed by atoms with van der Waals surface area (Å²) in [7, 11) is 0. The molecule has 1 unspecified atom stereocenters. The summed E-state index contributed by atoms with van der Waals surface area (Å²) in [6.07, 6.45) is -1.03. The highest BCUT2D eigenvalue weighted by Gasteiger charge is 2.21. The number of fused-ring (bicyclic) bond motifs is 1. The molecule has 1 N–H and O–H groups in total. The summed E-state index contributed by atoms with van der Waals surface area (Å²) in [6, 6.07) is 9.37. The fourth-order valence-corrected chi connectivity index (χ4v) is 2.73. The molecule has 136 valence electrons. The highest BCUT2D eigenvalue weighted by molar-refractivity contribution is 6.36. The normalized spacial score (nSPS) is 13.7. The topological polar surface area (TPSA) is 73.9 Å². The Kier molecular flexibility index (Phi) is 5.54. The molecule has 0 fully saturated rings. The molecule has 26 heavy (non-hydrogen) atoms. The van der Waals surface area contributed by atoms with Crippen molar-refractivity contribution in [1.29, 1.82) is 0 Å². The lowest BCUT2D eigenvalue weighted by molar-refractivity contribution is -0.123. The van der Waals surface area contributed by atoms with Gasteiger partial charge in [-0.1, -0.05) is 23.2 Å². The molecule has 0 saturated heterocycles. The van der Waals surface area contributed by atoms with Gasteiger partial charge in [0.1, 0.15) is 13.2 Å². The van der Waals surface area contributed by atoms with Crippen molar-refractivity contribution in [3.63, 3.8) is 0 Å². The van der Waals surface area contributed by atoms with E-state index in [4.69, 9.17) is 37.4 Å². The smallest absolute Gasteiger partial charge is 0.339 e. The van der Waals surface area contributed by atoms with E-state index in [1.54, 1.807) is 24.3 Å². The Hall–Kier alpha value is -2.44. The van der Waals surface area contributed by atoms with Crippen molar-refractivity contribution in [2.45, 2.75) is 13.0 Å². The average Bonchev–Trinajstić information content (AvgIpc) is 2.63. The Morgan fingerprint density at radius 2 is 1.81 bits per heavy atom. The second-order valence-electron chi connectivity index (χ2n) is 5.52. The summed E-state index contributed by atoms with van der Waals surface area (Å²) >= 11 is 11.8. The highest BCUT2D eigenvalue weighted by atomic mass is 35.5. The van der Waals surface area contributed by atoms with Gasteiger partial charge in [-0.2, -0.15) is 0 Å². The number of esters is 1. The minimum absolute atomic E-state index is 0.262. The molecule has 3 rings (SSSR count). The molecule has 2 aromatic rings. The molecule has 1 aliphatic heterocycles. The van der Waals surface area contributed by atoms with Gasteiger partial charge in [-0.05, 0) is 43.3 Å². The monoisotopic (exact) mass is 395 g/mol. The van der Waals surface area contributed by atoms with Crippen LogP contribution >= 0.6 is 23.2 Å². The van der Waals surface area contributed by atoms with Gasteiger partial charge in [0.15, 0.2) is 17.6 Å². The molecule has 8 heteroatoms. The standard InChI is InChI=1S/C18H15Cl2NO5/c1-10(17(22)21-14-4-3-12(19)9-13(14)20)26-18(23)11-2-5-15-16(8-11)25-7-6-24-15/h2-5,8-10H,6-7H2,1H3,(H,21,22). The largest absolute Gasteiger partial charge is 0.486 e. The van der Waals surface area contributed by atoms with E-state index in [1.807, 2.05) is 0 Å². The van der Waals surface area contributed by atoms with Crippen molar-refractivity contribution < 1.29 is 23.8 Å². The SMILES string of the molecule is CC(OC(=O)c1ccc2c(c1)OCCO2)C(=O)Nc1ccc(Cl)cc1Cl. The van der Waals surface area contributed by atoms with Crippen molar-refractivity contribution in [3.8, 4) is 11.5 Å². The van der Waals surface area contributed by atoms with Crippen molar-refractivity contribution in [3.05, 3.63) is 52.0 Å². The Morgan fingerprint density at radius 3 is 2.54 bits per heavy atom. The first-order chi connectivity index (χ1) is 12.4. The number of carbonyl (C=O) groups excluding carboxylic acids is 2. The van der Waals surface area contributed by atoms with Gasteiger partial charge in [-0.25, -0.2) is 4.79 Å². The van der Waals surface area contributed by atoms with Crippen LogP contribution in [-0.4, -0.2) is 31.2 Å². The lowest BCUT2D eigenvalue weighted by atomic mass is 10.2. The Balaban J connectivity index is 1.64. The molecule has 1 atom stereocenters. The molecule has 0 bridgehead atoms. The van der Waals surface area contributed by atoms with Crippen LogP contribution in [0.25, 0.3) is 0 Å². The van der Waals surface area contributed by atoms with E-state index in [1.165, 1.54) is 19.1 Å². The third-order valence-corrected chi connectivity index (χ3v) is 4.17. The Morgan fingerprint density at radius 1 is 1.08 bits per heavy atom. The molecule has 0 aliphatic carbocycles. The predicted octanol–water partition coefficient (Wildman–Crippen LogP) is 3.95. The Labute approximate surface area is 159 Å². The maximum absolute atomic E-state index is 12.3. The number of hydrogen-bond donors (Lipinski definition) is 1. The van der Waals surface area contributed by atoms with Gasteiger partial charge >= 0.3 is 5.97 Å². The van der Waals surface area contributed by atoms with Gasteiger partial charge in [-0.3, -0.25) is 4.79 Å². The number of anilines is 1. The first kappa shape index (κ1) is 18.4. The molecule has 2 aromatic carbocycles. The highest BCUT2D eigenvalue weighted by Crippen LogP contribution is 2.31. The summed E-state index contributed by atoms with van der Waals surface area (Å²) in [6.45, 7) is 2.34. The van der Waals surface area contributed by atoms with Gasteiger partial charge < -0.3 is 19.5 Å². The van der Waals surface area contributed by atoms with E-state index < -0.39 is 18.0 Å². The second-order valence-corrected chi connectivity index (χ2v) is 6.36. The van der Waals surface area contributed by atoms with Gasteiger partial charge in [0, 0.05) is 5.02 Å². The Bertz CT molecular complexity index is 855. The third kappa shape index (κ3) is 4.20. The van der Waals surface area contributed by atoms with Crippen LogP contribution in [0.4, 0.5) is 5.69 Å². The summed E-state index contributed by atoms with van der Waals surface area (Å²) in [5.74, 6) is -0.126. The van der Waals surface area contributed by atoms with Crippen LogP contribution in [0.1, 0.15) is 17.3 Å². The number of hydrogen-bond acceptors (Lipinski definition) is 5. The third-order valence-electron chi connectivity index (χ3n) is 3.62. The average molecular weight is 396 g/mol. The van der Waals surface area contributed by atoms with Crippen molar-refractivity contribution in [2.24, 2.45) is 0 Å². The van der Waals surface area contributed by atoms with Crippen molar-refractivity contribution in [1.82, 2.24) is 0 Å². The zero-order chi connectivity index (χ0) is 18.7. The summed E-state index contributed by atoms with van der Waals surface area (Å²) in [5.41, 5.74) is 0.640. The predicted molar refractivity (Wildman–Crippen MR) is 97.4 cm³/mol. The minimum Gasteiger partial charge on any atom is -0.486 e. The maximum atomic E-state index is 12.3. The molecule has 0 aromatic heterocycles. The van der Waals surface area contributed by atoms with E-state index in [2.05, 4.69) is 5.32 Å². The summed E-state index contributed by atoms with van der Waals surface area (Å²) in [5, 5.41) is 3.33. The maximum Gasteiger partial charge on any atom is 0.339 e. The summed E-state index contributed by atoms with van der Waals surface area (Å²) < 4.78 is 16.0. The van der Waals surface area contributed by atoms with Crippen LogP contribution in [0.15, 0.2) is 36.4 Å². The molecule has 1 heterocycles. The lowest BCUT2D eigenvalue weighted by Crippen LogP contribution is -2.30. The fraction of sp³-hybridized carbons (Fsp3) is 0.222. The second kappa shape index (κ2) is 7.85. The van der Waals surface area contributed by atoms with Gasteiger partial charge in [-0.15, -0.1) is 0 Å². The van der Waals surface area contributed by atoms with Crippen LogP contribution < -0.4 is 14.8 Å². The molecule has 0 spiro atoms. The number of ether oxygens (including phenoxy) is 3. The minimum atomic E-state index is -1.03. The van der Waals surface area contributed by atoms with Crippen LogP contribution in [0, 0.1) is 0 Å². The van der Waals surface area contributed by atoms with E-state index in [9.17, 15) is 9.59 Å². The van der Waals surface area contributed by atoms with Crippen LogP contribution in [-0.2, 0) is 9.53 Å². The quantitative estimate of drug-likeness (QED) is 0.793. The number of nitrogens with one attached hydrogen (secondary N) is 1. The van der Waals surface area contributed by atoms with E-state index in [0.29, 0.717) is 35.4 Å². The van der Waals surface area contributed by atoms with E-state index in [-0.39, 0.29) is 10.6 Å². The van der Waals surface area contributed by atoms with Gasteiger partial charge in [0.05, 0.1) is 16.3 Å². The van der Waals surface area contributed by atoms with Crippen LogP contribution in [0.3, 0.4) is 0 Å². The molecular weight excluding hydrogens is 381 g/mol. The zero-order valence-electron chi connectivity index (χ0n) is 13.8. The van der Waals surface area contributed by atoms with E-state index in [0.717, 1.165) is 0 Å². The van der Waals surface area contributed by atoms with Crippen LogP contribution in [0.5, 0.6) is 11.5 Å². The zero-order valence-corrected chi connectivity index (χ0v) is 15.3. The van der Waals surface area contributed by atoms with Crippen molar-refractivity contribution >= 4 is 40.8 Å². The molecule has 0 radical (unpaired) electrons. The van der Waals surface area contributed by atoms with Gasteiger partial charge in [0.25, 0.3) is 5.91 Å². The van der Waals surface area contributed by atoms with Gasteiger partial charge in [0.2, 0.25) is 0 Å². The molecule has 1 aliphatic rings. The number of carbonyl (C=O) groups is 2. The first-order valence-corrected chi connectivity index (χ1v) is 8.56. The molecular formula is C18H15Cl2NO5. The fourth-order valence-electron chi connectivity index (χ4n) is 2.28. The van der Waals surface area contributed by atoms with Crippen LogP contribution in [0.2, 0.25) is 10.0 Å². The number of amides is 1.